The second-order valence-electron chi connectivity index (χ2n) is 4.21. The molecule has 2 aromatic rings. The van der Waals surface area contributed by atoms with Gasteiger partial charge >= 0.3 is 0 Å². The van der Waals surface area contributed by atoms with Gasteiger partial charge in [-0.05, 0) is 18.3 Å². The van der Waals surface area contributed by atoms with E-state index in [9.17, 15) is 5.11 Å². The van der Waals surface area contributed by atoms with Gasteiger partial charge in [0.15, 0.2) is 11.2 Å². The average Bonchev–Trinajstić information content (AvgIpc) is 2.72. The minimum absolute atomic E-state index is 0.0700. The van der Waals surface area contributed by atoms with Gasteiger partial charge in [0.05, 0.1) is 6.33 Å². The fourth-order valence-corrected chi connectivity index (χ4v) is 1.83. The Morgan fingerprint density at radius 2 is 2.31 bits per heavy atom. The van der Waals surface area contributed by atoms with Crippen LogP contribution in [0.1, 0.15) is 13.3 Å². The van der Waals surface area contributed by atoms with Gasteiger partial charge in [0.2, 0.25) is 11.8 Å². The van der Waals surface area contributed by atoms with Gasteiger partial charge in [-0.3, -0.25) is 0 Å². The van der Waals surface area contributed by atoms with Gasteiger partial charge in [0.1, 0.15) is 0 Å². The fourth-order valence-electron chi connectivity index (χ4n) is 1.83. The highest BCUT2D eigenvalue weighted by Gasteiger charge is 2.33. The highest BCUT2D eigenvalue weighted by Crippen LogP contribution is 2.41. The molecule has 0 saturated heterocycles. The number of aromatic nitrogens is 4. The summed E-state index contributed by atoms with van der Waals surface area (Å²) in [6.07, 6.45) is 2.82. The third-order valence-corrected chi connectivity index (χ3v) is 2.94. The van der Waals surface area contributed by atoms with E-state index in [4.69, 9.17) is 5.73 Å². The van der Waals surface area contributed by atoms with Gasteiger partial charge in [-0.15, -0.1) is 0 Å². The van der Waals surface area contributed by atoms with Gasteiger partial charge in [-0.1, -0.05) is 6.92 Å². The van der Waals surface area contributed by atoms with Crippen molar-refractivity contribution in [2.24, 2.45) is 5.92 Å². The molecule has 3 N–H and O–H groups in total. The lowest BCUT2D eigenvalue weighted by Crippen LogP contribution is -2.02. The van der Waals surface area contributed by atoms with Crippen molar-refractivity contribution in [3.63, 3.8) is 0 Å². The van der Waals surface area contributed by atoms with Gasteiger partial charge < -0.3 is 15.4 Å². The number of fused-ring (bicyclic) bond motifs is 1. The van der Waals surface area contributed by atoms with E-state index in [1.807, 2.05) is 4.57 Å². The summed E-state index contributed by atoms with van der Waals surface area (Å²) < 4.78 is 1.89. The summed E-state index contributed by atoms with van der Waals surface area (Å²) >= 11 is 0. The van der Waals surface area contributed by atoms with Crippen molar-refractivity contribution >= 4 is 17.1 Å². The van der Waals surface area contributed by atoms with E-state index in [0.29, 0.717) is 17.1 Å². The van der Waals surface area contributed by atoms with Crippen LogP contribution in [-0.4, -0.2) is 24.6 Å². The van der Waals surface area contributed by atoms with E-state index in [0.717, 1.165) is 13.0 Å². The maximum absolute atomic E-state index is 9.55. The Morgan fingerprint density at radius 3 is 3.00 bits per heavy atom. The van der Waals surface area contributed by atoms with Crippen LogP contribution in [0, 0.1) is 11.8 Å². The van der Waals surface area contributed by atoms with Crippen molar-refractivity contribution < 1.29 is 5.11 Å². The third kappa shape index (κ3) is 1.37. The Kier molecular flexibility index (Phi) is 1.80. The SMILES string of the molecule is CC1C[C]1Cn1cnc2c(O)nc(N)nc21. The number of hydrogen-bond donors (Lipinski definition) is 2. The Morgan fingerprint density at radius 1 is 1.56 bits per heavy atom. The molecule has 1 atom stereocenters. The summed E-state index contributed by atoms with van der Waals surface area (Å²) in [7, 11) is 0. The number of hydrogen-bond acceptors (Lipinski definition) is 5. The number of rotatable bonds is 2. The van der Waals surface area contributed by atoms with E-state index in [1.54, 1.807) is 6.33 Å². The summed E-state index contributed by atoms with van der Waals surface area (Å²) in [5, 5.41) is 9.55. The highest BCUT2D eigenvalue weighted by molar-refractivity contribution is 5.77. The Labute approximate surface area is 92.1 Å². The van der Waals surface area contributed by atoms with Crippen LogP contribution in [0.25, 0.3) is 11.2 Å². The van der Waals surface area contributed by atoms with Crippen LogP contribution in [0.2, 0.25) is 0 Å². The zero-order valence-electron chi connectivity index (χ0n) is 8.88. The zero-order chi connectivity index (χ0) is 11.3. The molecule has 0 spiro atoms. The molecule has 0 bridgehead atoms. The minimum Gasteiger partial charge on any atom is -0.492 e. The van der Waals surface area contributed by atoms with E-state index in [2.05, 4.69) is 21.9 Å². The van der Waals surface area contributed by atoms with Crippen LogP contribution < -0.4 is 5.73 Å². The molecule has 2 heterocycles. The number of nitrogens with two attached hydrogens (primary N) is 1. The molecule has 1 radical (unpaired) electrons. The maximum Gasteiger partial charge on any atom is 0.244 e. The maximum atomic E-state index is 9.55. The van der Waals surface area contributed by atoms with Crippen LogP contribution >= 0.6 is 0 Å². The van der Waals surface area contributed by atoms with Gasteiger partial charge in [0, 0.05) is 6.54 Å². The Hall–Kier alpha value is -1.85. The van der Waals surface area contributed by atoms with Gasteiger partial charge in [-0.2, -0.15) is 9.97 Å². The Balaban J connectivity index is 2.05. The average molecular weight is 218 g/mol. The first-order valence-electron chi connectivity index (χ1n) is 5.17. The van der Waals surface area contributed by atoms with Crippen molar-refractivity contribution in [1.29, 1.82) is 0 Å². The highest BCUT2D eigenvalue weighted by atomic mass is 16.3. The number of nitrogen functional groups attached to an aromatic ring is 1. The predicted molar refractivity (Wildman–Crippen MR) is 58.4 cm³/mol. The monoisotopic (exact) mass is 218 g/mol. The van der Waals surface area contributed by atoms with Crippen LogP contribution in [0.4, 0.5) is 5.95 Å². The molecule has 6 nitrogen and oxygen atoms in total. The van der Waals surface area contributed by atoms with E-state index in [1.165, 1.54) is 5.92 Å². The van der Waals surface area contributed by atoms with Crippen LogP contribution in [0.15, 0.2) is 6.33 Å². The first kappa shape index (κ1) is 9.38. The third-order valence-electron chi connectivity index (χ3n) is 2.94. The molecule has 2 aromatic heterocycles. The molecule has 83 valence electrons. The summed E-state index contributed by atoms with van der Waals surface area (Å²) in [6.45, 7) is 2.99. The molecule has 0 amide bonds. The van der Waals surface area contributed by atoms with Crippen molar-refractivity contribution in [3.8, 4) is 5.88 Å². The molecule has 1 saturated carbocycles. The smallest absolute Gasteiger partial charge is 0.244 e. The summed E-state index contributed by atoms with van der Waals surface area (Å²) in [6, 6.07) is 0. The van der Waals surface area contributed by atoms with E-state index in [-0.39, 0.29) is 11.8 Å². The quantitative estimate of drug-likeness (QED) is 0.775. The lowest BCUT2D eigenvalue weighted by atomic mass is 10.3. The van der Waals surface area contributed by atoms with Crippen molar-refractivity contribution in [1.82, 2.24) is 19.5 Å². The van der Waals surface area contributed by atoms with Crippen molar-refractivity contribution in [3.05, 3.63) is 12.2 Å². The molecular formula is C10H12N5O. The summed E-state index contributed by atoms with van der Waals surface area (Å²) in [5.41, 5.74) is 6.50. The predicted octanol–water partition coefficient (Wildman–Crippen LogP) is 0.728. The molecule has 3 rings (SSSR count). The largest absolute Gasteiger partial charge is 0.492 e. The second kappa shape index (κ2) is 3.07. The normalized spacial score (nSPS) is 20.4. The Bertz CT molecular complexity index is 549. The molecule has 1 aliphatic rings. The van der Waals surface area contributed by atoms with Crippen molar-refractivity contribution in [2.45, 2.75) is 19.9 Å². The fraction of sp³-hybridized carbons (Fsp3) is 0.400. The lowest BCUT2D eigenvalue weighted by molar-refractivity contribution is 0.459. The lowest BCUT2D eigenvalue weighted by Gasteiger charge is -2.02. The number of nitrogens with zero attached hydrogens (tertiary/aromatic N) is 4. The van der Waals surface area contributed by atoms with Gasteiger partial charge in [-0.25, -0.2) is 4.98 Å². The number of imidazole rings is 1. The number of anilines is 1. The van der Waals surface area contributed by atoms with Crippen LogP contribution in [0.3, 0.4) is 0 Å². The first-order valence-corrected chi connectivity index (χ1v) is 5.17. The zero-order valence-corrected chi connectivity index (χ0v) is 8.88. The van der Waals surface area contributed by atoms with Crippen molar-refractivity contribution in [2.75, 3.05) is 5.73 Å². The molecular weight excluding hydrogens is 206 g/mol. The topological polar surface area (TPSA) is 89.8 Å². The molecule has 1 fully saturated rings. The first-order chi connectivity index (χ1) is 7.65. The van der Waals surface area contributed by atoms with Crippen LogP contribution in [-0.2, 0) is 6.54 Å². The minimum atomic E-state index is -0.157. The van der Waals surface area contributed by atoms with Gasteiger partial charge in [0.25, 0.3) is 0 Å². The molecule has 0 aliphatic heterocycles. The summed E-state index contributed by atoms with van der Waals surface area (Å²) in [4.78, 5) is 11.8. The molecule has 1 aliphatic carbocycles. The standard InChI is InChI=1S/C10H12N5O/c1-5-2-6(5)3-15-4-12-7-8(15)13-10(11)14-9(7)16/h4-5H,2-3H2,1H3,(H3,11,13,14,16). The van der Waals surface area contributed by atoms with Crippen LogP contribution in [0.5, 0.6) is 5.88 Å². The molecule has 6 heteroatoms. The summed E-state index contributed by atoms with van der Waals surface area (Å²) in [5.74, 6) is 2.07. The molecule has 1 unspecified atom stereocenters. The second-order valence-corrected chi connectivity index (χ2v) is 4.21. The number of aromatic hydroxyl groups is 1. The van der Waals surface area contributed by atoms with E-state index < -0.39 is 0 Å². The molecule has 0 aromatic carbocycles. The molecule has 16 heavy (non-hydrogen) atoms. The van der Waals surface area contributed by atoms with E-state index >= 15 is 0 Å².